The van der Waals surface area contributed by atoms with Crippen molar-refractivity contribution in [3.8, 4) is 0 Å². The topological polar surface area (TPSA) is 316 Å². The summed E-state index contributed by atoms with van der Waals surface area (Å²) < 4.78 is 60.0. The molecule has 6 aliphatic rings. The van der Waals surface area contributed by atoms with Crippen LogP contribution in [-0.2, 0) is 114 Å². The van der Waals surface area contributed by atoms with E-state index in [-0.39, 0.29) is 85.8 Å². The van der Waals surface area contributed by atoms with Crippen molar-refractivity contribution in [2.75, 3.05) is 39.6 Å². The molecule has 24 nitrogen and oxygen atoms in total. The zero-order valence-electron chi connectivity index (χ0n) is 57.5. The van der Waals surface area contributed by atoms with Gasteiger partial charge in [0.05, 0.1) is 65.2 Å². The summed E-state index contributed by atoms with van der Waals surface area (Å²) in [5.41, 5.74) is -5.45. The number of esters is 12. The minimum absolute atomic E-state index is 0.0471. The highest BCUT2D eigenvalue weighted by Crippen LogP contribution is 2.35. The molecule has 0 N–H and O–H groups in total. The monoisotopic (exact) mass is 1270 g/mol. The third-order valence-corrected chi connectivity index (χ3v) is 17.0. The van der Waals surface area contributed by atoms with E-state index in [4.69, 9.17) is 56.8 Å². The maximum Gasteiger partial charge on any atom is 0.350 e. The summed E-state index contributed by atoms with van der Waals surface area (Å²) in [7, 11) is 0. The van der Waals surface area contributed by atoms with Gasteiger partial charge < -0.3 is 56.8 Å². The van der Waals surface area contributed by atoms with Crippen LogP contribution in [0.25, 0.3) is 0 Å². The molecular formula is C65H106O24. The zero-order valence-corrected chi connectivity index (χ0v) is 57.5. The van der Waals surface area contributed by atoms with Crippen molar-refractivity contribution in [2.45, 2.75) is 259 Å². The largest absolute Gasteiger partial charge is 0.463 e. The number of hydrogen-bond acceptors (Lipinski definition) is 24. The second-order valence-corrected chi connectivity index (χ2v) is 28.2. The van der Waals surface area contributed by atoms with Crippen LogP contribution in [0.2, 0.25) is 0 Å². The Morgan fingerprint density at radius 3 is 1.27 bits per heavy atom. The van der Waals surface area contributed by atoms with Gasteiger partial charge in [0.2, 0.25) is 23.9 Å². The predicted molar refractivity (Wildman–Crippen MR) is 320 cm³/mol. The summed E-state index contributed by atoms with van der Waals surface area (Å²) in [6.45, 7) is 43.8. The number of ether oxygens (including phenoxy) is 12. The van der Waals surface area contributed by atoms with Gasteiger partial charge in [0, 0.05) is 24.2 Å². The van der Waals surface area contributed by atoms with E-state index in [9.17, 15) is 57.5 Å². The molecule has 0 spiro atoms. The molecule has 7 atom stereocenters. The first-order valence-corrected chi connectivity index (χ1v) is 30.9. The van der Waals surface area contributed by atoms with Gasteiger partial charge in [0.15, 0.2) is 5.60 Å². The minimum Gasteiger partial charge on any atom is -0.463 e. The first kappa shape index (κ1) is 80.7. The fraction of sp³-hybridized carbons (Fsp3) is 0.815. The van der Waals surface area contributed by atoms with E-state index in [0.717, 1.165) is 0 Å². The lowest BCUT2D eigenvalue weighted by Gasteiger charge is -2.27. The number of carbonyl (C=O) groups excluding carboxylic acids is 12. The SMILES string of the molecule is CCC(C)(C)C(=O)OC1(C)CCOC1=O.CCC(C)(C)C(=O)OC1(C)COC(=O)C1.CCC(C)(C)C(=O)OC1C(=O)OCC1(C)C.CCC(C)(C)C(=O)OC1C(=O)OCC1C.CCC(C)(C)C(=O)OC1CCOC1=O.CCC(C)(C)C(=O)OC1COC(=O)C1. The Hall–Kier alpha value is -6.36. The molecule has 0 aliphatic carbocycles. The van der Waals surface area contributed by atoms with Crippen LogP contribution in [0.15, 0.2) is 0 Å². The smallest absolute Gasteiger partial charge is 0.350 e. The highest BCUT2D eigenvalue weighted by atomic mass is 16.6. The lowest BCUT2D eigenvalue weighted by Crippen LogP contribution is -2.40. The molecule has 7 unspecified atom stereocenters. The molecule has 0 amide bonds. The van der Waals surface area contributed by atoms with E-state index in [1.54, 1.807) is 55.4 Å². The molecule has 0 saturated carbocycles. The molecule has 89 heavy (non-hydrogen) atoms. The van der Waals surface area contributed by atoms with E-state index in [0.29, 0.717) is 77.8 Å². The van der Waals surface area contributed by atoms with Crippen molar-refractivity contribution in [1.82, 2.24) is 0 Å². The van der Waals surface area contributed by atoms with Gasteiger partial charge in [-0.2, -0.15) is 0 Å². The summed E-state index contributed by atoms with van der Waals surface area (Å²) >= 11 is 0. The number of carbonyl (C=O) groups is 12. The van der Waals surface area contributed by atoms with Crippen LogP contribution < -0.4 is 0 Å². The van der Waals surface area contributed by atoms with Crippen molar-refractivity contribution in [3.63, 3.8) is 0 Å². The quantitative estimate of drug-likeness (QED) is 0.0910. The van der Waals surface area contributed by atoms with Crippen LogP contribution in [0.4, 0.5) is 0 Å². The standard InChI is InChI=1S/C12H20O4.3C11H18O4.2C10H16O4/c1-6-11(2,3)10(14)16-8-9(13)15-7-12(8,4)5;1-5-10(2,3)9(13)15-11(4)6-8(12)14-7-11;1-5-10(2,3)8(12)15-11(4)6-7-14-9(11)13;1-5-11(3,4)10(13)15-8-7(2)6-14-9(8)12;1-4-10(2,3)9(12)14-7-5-8(11)13-6-7;1-4-10(2,3)9(12)14-7-5-6-13-8(7)11/h8H,6-7H2,1-5H3;2*5-7H2,1-4H3;7-8H,5-6H2,1-4H3;2*7H,4-6H2,1-3H3. The second kappa shape index (κ2) is 33.1. The summed E-state index contributed by atoms with van der Waals surface area (Å²) in [4.78, 5) is 137. The molecule has 6 saturated heterocycles. The molecule has 0 bridgehead atoms. The van der Waals surface area contributed by atoms with Gasteiger partial charge in [-0.15, -0.1) is 0 Å². The van der Waals surface area contributed by atoms with Crippen LogP contribution in [0.3, 0.4) is 0 Å². The molecule has 6 fully saturated rings. The minimum atomic E-state index is -1.08. The molecular weight excluding hydrogens is 1160 g/mol. The molecule has 24 heteroatoms. The third kappa shape index (κ3) is 24.4. The lowest BCUT2D eigenvalue weighted by atomic mass is 9.88. The van der Waals surface area contributed by atoms with Crippen LogP contribution in [0.5, 0.6) is 0 Å². The van der Waals surface area contributed by atoms with Gasteiger partial charge in [-0.25, -0.2) is 19.2 Å². The van der Waals surface area contributed by atoms with Gasteiger partial charge in [0.1, 0.15) is 25.9 Å². The van der Waals surface area contributed by atoms with Crippen molar-refractivity contribution < 1.29 is 114 Å². The second-order valence-electron chi connectivity index (χ2n) is 28.2. The highest BCUT2D eigenvalue weighted by molar-refractivity contribution is 5.87. The number of cyclic esters (lactones) is 6. The molecule has 0 radical (unpaired) electrons. The lowest BCUT2D eigenvalue weighted by molar-refractivity contribution is -0.177. The van der Waals surface area contributed by atoms with Crippen molar-refractivity contribution in [1.29, 1.82) is 0 Å². The summed E-state index contributed by atoms with van der Waals surface area (Å²) in [5, 5.41) is 0. The Morgan fingerprint density at radius 1 is 0.461 bits per heavy atom. The van der Waals surface area contributed by atoms with Crippen molar-refractivity contribution in [3.05, 3.63) is 0 Å². The summed E-state index contributed by atoms with van der Waals surface area (Å²) in [6.07, 6.45) is 2.83. The van der Waals surface area contributed by atoms with Crippen molar-refractivity contribution >= 4 is 71.6 Å². The summed E-state index contributed by atoms with van der Waals surface area (Å²) in [5.74, 6) is -4.26. The fourth-order valence-electron chi connectivity index (χ4n) is 6.97. The Labute approximate surface area is 526 Å². The molecule has 0 aromatic heterocycles. The Morgan fingerprint density at radius 2 is 0.910 bits per heavy atom. The van der Waals surface area contributed by atoms with Crippen LogP contribution in [0, 0.1) is 43.8 Å². The molecule has 510 valence electrons. The van der Waals surface area contributed by atoms with E-state index in [2.05, 4.69) is 0 Å². The normalized spacial score (nSPS) is 24.5. The maximum atomic E-state index is 11.9. The molecule has 6 aliphatic heterocycles. The molecule has 0 aromatic rings. The Kier molecular flexibility index (Phi) is 30.0. The van der Waals surface area contributed by atoms with E-state index in [1.165, 1.54) is 0 Å². The molecule has 0 aromatic carbocycles. The van der Waals surface area contributed by atoms with E-state index < -0.39 is 91.3 Å². The van der Waals surface area contributed by atoms with E-state index >= 15 is 0 Å². The number of hydrogen-bond donors (Lipinski definition) is 0. The first-order chi connectivity index (χ1) is 40.6. The van der Waals surface area contributed by atoms with Crippen LogP contribution >= 0.6 is 0 Å². The van der Waals surface area contributed by atoms with Crippen molar-refractivity contribution in [2.24, 2.45) is 43.8 Å². The molecule has 6 rings (SSSR count). The van der Waals surface area contributed by atoms with Gasteiger partial charge in [-0.05, 0) is 135 Å². The predicted octanol–water partition coefficient (Wildman–Crippen LogP) is 9.35. The third-order valence-electron chi connectivity index (χ3n) is 17.0. The fourth-order valence-corrected chi connectivity index (χ4v) is 6.97. The number of rotatable bonds is 18. The van der Waals surface area contributed by atoms with Gasteiger partial charge in [-0.1, -0.05) is 62.3 Å². The van der Waals surface area contributed by atoms with Gasteiger partial charge in [0.25, 0.3) is 0 Å². The van der Waals surface area contributed by atoms with Crippen LogP contribution in [0.1, 0.15) is 223 Å². The highest BCUT2D eigenvalue weighted by Gasteiger charge is 2.49. The Balaban J connectivity index is 0.000000534. The first-order valence-electron chi connectivity index (χ1n) is 30.9. The Bertz CT molecular complexity index is 2500. The maximum absolute atomic E-state index is 11.9. The zero-order chi connectivity index (χ0) is 69.1. The average Bonchev–Trinajstić information content (AvgIpc) is 3.80. The summed E-state index contributed by atoms with van der Waals surface area (Å²) in [6, 6.07) is 0. The van der Waals surface area contributed by atoms with E-state index in [1.807, 2.05) is 104 Å². The van der Waals surface area contributed by atoms with Gasteiger partial charge in [-0.3, -0.25) is 38.4 Å². The van der Waals surface area contributed by atoms with Crippen LogP contribution in [-0.4, -0.2) is 147 Å². The molecule has 6 heterocycles. The van der Waals surface area contributed by atoms with Gasteiger partial charge >= 0.3 is 71.6 Å². The average molecular weight is 1270 g/mol.